The summed E-state index contributed by atoms with van der Waals surface area (Å²) in [5.74, 6) is 0.859. The Kier molecular flexibility index (Phi) is 5.16. The number of nitrogens with one attached hydrogen (secondary N) is 1. The van der Waals surface area contributed by atoms with Gasteiger partial charge in [-0.15, -0.1) is 0 Å². The van der Waals surface area contributed by atoms with Gasteiger partial charge in [-0.3, -0.25) is 0 Å². The lowest BCUT2D eigenvalue weighted by Gasteiger charge is -2.14. The fourth-order valence-electron chi connectivity index (χ4n) is 1.91. The van der Waals surface area contributed by atoms with Crippen LogP contribution in [-0.2, 0) is 6.54 Å². The highest BCUT2D eigenvalue weighted by molar-refractivity contribution is 6.35. The van der Waals surface area contributed by atoms with E-state index < -0.39 is 0 Å². The molecule has 2 rings (SSSR count). The fraction of sp³-hybridized carbons (Fsp3) is 0.250. The van der Waals surface area contributed by atoms with Gasteiger partial charge in [0, 0.05) is 16.6 Å². The summed E-state index contributed by atoms with van der Waals surface area (Å²) >= 11 is 12.1. The zero-order chi connectivity index (χ0) is 14.5. The molecule has 2 aromatic rings. The smallest absolute Gasteiger partial charge is 0.142 e. The van der Waals surface area contributed by atoms with Crippen molar-refractivity contribution in [1.29, 1.82) is 0 Å². The number of anilines is 1. The van der Waals surface area contributed by atoms with E-state index in [4.69, 9.17) is 27.9 Å². The van der Waals surface area contributed by atoms with Crippen LogP contribution in [0.2, 0.25) is 10.0 Å². The van der Waals surface area contributed by atoms with Crippen molar-refractivity contribution in [1.82, 2.24) is 0 Å². The summed E-state index contributed by atoms with van der Waals surface area (Å²) in [5.41, 5.74) is 3.13. The molecule has 0 bridgehead atoms. The maximum Gasteiger partial charge on any atom is 0.142 e. The van der Waals surface area contributed by atoms with E-state index in [9.17, 15) is 0 Å². The average molecular weight is 310 g/mol. The van der Waals surface area contributed by atoms with Crippen LogP contribution in [0, 0.1) is 6.92 Å². The Morgan fingerprint density at radius 2 is 1.90 bits per heavy atom. The Bertz CT molecular complexity index is 599. The molecule has 1 N–H and O–H groups in total. The van der Waals surface area contributed by atoms with E-state index in [1.54, 1.807) is 6.07 Å². The van der Waals surface area contributed by atoms with Crippen LogP contribution in [0.15, 0.2) is 36.4 Å². The predicted molar refractivity (Wildman–Crippen MR) is 86.1 cm³/mol. The molecule has 0 aromatic heterocycles. The molecule has 0 aliphatic rings. The van der Waals surface area contributed by atoms with Gasteiger partial charge < -0.3 is 10.1 Å². The standard InChI is InChI=1S/C16H17Cl2NO/c1-3-20-16-8-11(2)4-7-15(16)19-10-12-5-6-13(17)9-14(12)18/h4-9,19H,3,10H2,1-2H3. The third-order valence-electron chi connectivity index (χ3n) is 2.92. The van der Waals surface area contributed by atoms with Gasteiger partial charge in [0.1, 0.15) is 5.75 Å². The molecule has 0 amide bonds. The lowest BCUT2D eigenvalue weighted by atomic mass is 10.2. The molecule has 0 heterocycles. The highest BCUT2D eigenvalue weighted by Crippen LogP contribution is 2.27. The zero-order valence-electron chi connectivity index (χ0n) is 11.5. The van der Waals surface area contributed by atoms with Crippen LogP contribution in [0.5, 0.6) is 5.75 Å². The molecular weight excluding hydrogens is 293 g/mol. The third kappa shape index (κ3) is 3.81. The topological polar surface area (TPSA) is 21.3 Å². The van der Waals surface area contributed by atoms with Crippen molar-refractivity contribution in [2.75, 3.05) is 11.9 Å². The molecular formula is C16H17Cl2NO. The predicted octanol–water partition coefficient (Wildman–Crippen LogP) is 5.31. The lowest BCUT2D eigenvalue weighted by molar-refractivity contribution is 0.341. The molecule has 106 valence electrons. The summed E-state index contributed by atoms with van der Waals surface area (Å²) in [6.45, 7) is 5.28. The number of hydrogen-bond donors (Lipinski definition) is 1. The molecule has 4 heteroatoms. The number of halogens is 2. The molecule has 2 aromatic carbocycles. The fourth-order valence-corrected chi connectivity index (χ4v) is 2.38. The van der Waals surface area contributed by atoms with E-state index in [0.717, 1.165) is 17.0 Å². The molecule has 0 unspecified atom stereocenters. The summed E-state index contributed by atoms with van der Waals surface area (Å²) in [4.78, 5) is 0. The highest BCUT2D eigenvalue weighted by Gasteiger charge is 2.05. The minimum atomic E-state index is 0.624. The Morgan fingerprint density at radius 1 is 1.10 bits per heavy atom. The van der Waals surface area contributed by atoms with Crippen molar-refractivity contribution in [3.8, 4) is 5.75 Å². The minimum Gasteiger partial charge on any atom is -0.492 e. The van der Waals surface area contributed by atoms with Gasteiger partial charge in [-0.05, 0) is 49.2 Å². The summed E-state index contributed by atoms with van der Waals surface area (Å²) in [7, 11) is 0. The summed E-state index contributed by atoms with van der Waals surface area (Å²) in [6.07, 6.45) is 0. The van der Waals surface area contributed by atoms with Crippen LogP contribution in [0.3, 0.4) is 0 Å². The van der Waals surface area contributed by atoms with Crippen molar-refractivity contribution >= 4 is 28.9 Å². The van der Waals surface area contributed by atoms with Crippen LogP contribution in [0.4, 0.5) is 5.69 Å². The maximum atomic E-state index is 6.17. The quantitative estimate of drug-likeness (QED) is 0.807. The second-order valence-corrected chi connectivity index (χ2v) is 5.37. The van der Waals surface area contributed by atoms with E-state index in [0.29, 0.717) is 23.2 Å². The van der Waals surface area contributed by atoms with Gasteiger partial charge in [0.2, 0.25) is 0 Å². The molecule has 0 aliphatic heterocycles. The zero-order valence-corrected chi connectivity index (χ0v) is 13.1. The van der Waals surface area contributed by atoms with E-state index in [1.165, 1.54) is 5.56 Å². The molecule has 0 atom stereocenters. The monoisotopic (exact) mass is 309 g/mol. The van der Waals surface area contributed by atoms with Crippen molar-refractivity contribution in [2.24, 2.45) is 0 Å². The molecule has 20 heavy (non-hydrogen) atoms. The molecule has 0 spiro atoms. The van der Waals surface area contributed by atoms with Crippen LogP contribution in [-0.4, -0.2) is 6.61 Å². The summed E-state index contributed by atoms with van der Waals surface area (Å²) in [5, 5.41) is 4.65. The highest BCUT2D eigenvalue weighted by atomic mass is 35.5. The molecule has 0 saturated heterocycles. The molecule has 0 radical (unpaired) electrons. The van der Waals surface area contributed by atoms with Crippen molar-refractivity contribution in [3.05, 3.63) is 57.6 Å². The van der Waals surface area contributed by atoms with Gasteiger partial charge in [-0.2, -0.15) is 0 Å². The van der Waals surface area contributed by atoms with E-state index in [1.807, 2.05) is 44.2 Å². The normalized spacial score (nSPS) is 10.4. The number of ether oxygens (including phenoxy) is 1. The minimum absolute atomic E-state index is 0.624. The first-order valence-corrected chi connectivity index (χ1v) is 7.27. The van der Waals surface area contributed by atoms with E-state index >= 15 is 0 Å². The maximum absolute atomic E-state index is 6.17. The Balaban J connectivity index is 2.14. The van der Waals surface area contributed by atoms with Gasteiger partial charge in [0.15, 0.2) is 0 Å². The molecule has 0 fully saturated rings. The van der Waals surface area contributed by atoms with Gasteiger partial charge in [0.05, 0.1) is 12.3 Å². The summed E-state index contributed by atoms with van der Waals surface area (Å²) < 4.78 is 5.64. The van der Waals surface area contributed by atoms with Gasteiger partial charge in [-0.1, -0.05) is 35.3 Å². The molecule has 2 nitrogen and oxygen atoms in total. The largest absolute Gasteiger partial charge is 0.492 e. The number of benzene rings is 2. The Labute approximate surface area is 129 Å². The van der Waals surface area contributed by atoms with Crippen molar-refractivity contribution in [2.45, 2.75) is 20.4 Å². The number of hydrogen-bond acceptors (Lipinski definition) is 2. The van der Waals surface area contributed by atoms with Crippen LogP contribution < -0.4 is 10.1 Å². The van der Waals surface area contributed by atoms with E-state index in [2.05, 4.69) is 5.32 Å². The number of aryl methyl sites for hydroxylation is 1. The SMILES string of the molecule is CCOc1cc(C)ccc1NCc1ccc(Cl)cc1Cl. The van der Waals surface area contributed by atoms with Gasteiger partial charge >= 0.3 is 0 Å². The Hall–Kier alpha value is -1.38. The second kappa shape index (κ2) is 6.87. The second-order valence-electron chi connectivity index (χ2n) is 4.52. The van der Waals surface area contributed by atoms with Gasteiger partial charge in [0.25, 0.3) is 0 Å². The first-order valence-electron chi connectivity index (χ1n) is 6.51. The van der Waals surface area contributed by atoms with Crippen molar-refractivity contribution < 1.29 is 4.74 Å². The Morgan fingerprint density at radius 3 is 2.60 bits per heavy atom. The van der Waals surface area contributed by atoms with E-state index in [-0.39, 0.29) is 0 Å². The van der Waals surface area contributed by atoms with Crippen LogP contribution >= 0.6 is 23.2 Å². The molecule has 0 saturated carbocycles. The van der Waals surface area contributed by atoms with Gasteiger partial charge in [-0.25, -0.2) is 0 Å². The molecule has 0 aliphatic carbocycles. The number of rotatable bonds is 5. The summed E-state index contributed by atoms with van der Waals surface area (Å²) in [6, 6.07) is 11.6. The first-order chi connectivity index (χ1) is 9.60. The van der Waals surface area contributed by atoms with Crippen LogP contribution in [0.1, 0.15) is 18.1 Å². The first kappa shape index (κ1) is 15.0. The average Bonchev–Trinajstić information content (AvgIpc) is 2.40. The van der Waals surface area contributed by atoms with Crippen LogP contribution in [0.25, 0.3) is 0 Å². The van der Waals surface area contributed by atoms with Crippen molar-refractivity contribution in [3.63, 3.8) is 0 Å². The lowest BCUT2D eigenvalue weighted by Crippen LogP contribution is -2.03. The third-order valence-corrected chi connectivity index (χ3v) is 3.51.